The Morgan fingerprint density at radius 1 is 1.04 bits per heavy atom. The van der Waals surface area contributed by atoms with Crippen LogP contribution in [0.15, 0.2) is 42.7 Å². The van der Waals surface area contributed by atoms with Crippen molar-refractivity contribution in [2.45, 2.75) is 25.7 Å². The second-order valence-corrected chi connectivity index (χ2v) is 6.39. The highest BCUT2D eigenvalue weighted by Crippen LogP contribution is 2.09. The first-order valence-electron chi connectivity index (χ1n) is 9.11. The summed E-state index contributed by atoms with van der Waals surface area (Å²) in [6, 6.07) is 9.73. The average molecular weight is 355 g/mol. The molecule has 0 spiro atoms. The van der Waals surface area contributed by atoms with Gasteiger partial charge in [0.25, 0.3) is 0 Å². The van der Waals surface area contributed by atoms with Crippen molar-refractivity contribution in [3.8, 4) is 5.69 Å². The summed E-state index contributed by atoms with van der Waals surface area (Å²) in [5, 5.41) is 9.76. The van der Waals surface area contributed by atoms with E-state index in [-0.39, 0.29) is 11.9 Å². The zero-order valence-electron chi connectivity index (χ0n) is 14.9. The Bertz CT molecular complexity index is 706. The molecule has 0 bridgehead atoms. The van der Waals surface area contributed by atoms with Crippen molar-refractivity contribution in [2.24, 2.45) is 0 Å². The number of rotatable bonds is 7. The van der Waals surface area contributed by atoms with Crippen LogP contribution < -0.4 is 10.6 Å². The van der Waals surface area contributed by atoms with Crippen molar-refractivity contribution < 1.29 is 9.59 Å². The van der Waals surface area contributed by atoms with E-state index in [2.05, 4.69) is 15.7 Å². The average Bonchev–Trinajstić information content (AvgIpc) is 3.36. The third kappa shape index (κ3) is 5.08. The minimum absolute atomic E-state index is 0.125. The minimum Gasteiger partial charge on any atom is -0.343 e. The number of hydrogen-bond donors (Lipinski definition) is 2. The van der Waals surface area contributed by atoms with Crippen molar-refractivity contribution in [2.75, 3.05) is 26.2 Å². The molecule has 2 aromatic rings. The summed E-state index contributed by atoms with van der Waals surface area (Å²) >= 11 is 0. The fourth-order valence-corrected chi connectivity index (χ4v) is 3.03. The van der Waals surface area contributed by atoms with Crippen LogP contribution in [0.1, 0.15) is 24.8 Å². The van der Waals surface area contributed by atoms with E-state index in [0.29, 0.717) is 19.5 Å². The van der Waals surface area contributed by atoms with Crippen LogP contribution in [-0.4, -0.2) is 52.8 Å². The molecule has 7 nitrogen and oxygen atoms in total. The van der Waals surface area contributed by atoms with E-state index in [1.807, 2.05) is 41.4 Å². The molecule has 3 rings (SSSR count). The molecular formula is C19H25N5O2. The summed E-state index contributed by atoms with van der Waals surface area (Å²) in [7, 11) is 0. The van der Waals surface area contributed by atoms with E-state index in [9.17, 15) is 9.59 Å². The molecule has 1 aliphatic heterocycles. The molecule has 1 fully saturated rings. The van der Waals surface area contributed by atoms with Crippen molar-refractivity contribution >= 4 is 11.9 Å². The number of nitrogens with zero attached hydrogens (tertiary/aromatic N) is 3. The normalized spacial score (nSPS) is 13.6. The van der Waals surface area contributed by atoms with Crippen LogP contribution in [-0.2, 0) is 11.2 Å². The summed E-state index contributed by atoms with van der Waals surface area (Å²) in [4.78, 5) is 25.5. The molecule has 1 saturated heterocycles. The van der Waals surface area contributed by atoms with Gasteiger partial charge in [0.05, 0.1) is 5.69 Å². The Morgan fingerprint density at radius 2 is 1.77 bits per heavy atom. The van der Waals surface area contributed by atoms with Gasteiger partial charge in [0, 0.05) is 45.0 Å². The fraction of sp³-hybridized carbons (Fsp3) is 0.421. The lowest BCUT2D eigenvalue weighted by molar-refractivity contribution is -0.129. The second-order valence-electron chi connectivity index (χ2n) is 6.39. The Balaban J connectivity index is 1.31. The van der Waals surface area contributed by atoms with E-state index >= 15 is 0 Å². The zero-order valence-corrected chi connectivity index (χ0v) is 14.9. The topological polar surface area (TPSA) is 79.3 Å². The van der Waals surface area contributed by atoms with Crippen molar-refractivity contribution in [1.82, 2.24) is 25.3 Å². The molecule has 2 heterocycles. The van der Waals surface area contributed by atoms with E-state index in [1.54, 1.807) is 10.9 Å². The molecule has 2 N–H and O–H groups in total. The predicted molar refractivity (Wildman–Crippen MR) is 99.1 cm³/mol. The molecule has 26 heavy (non-hydrogen) atoms. The van der Waals surface area contributed by atoms with Gasteiger partial charge in [-0.05, 0) is 43.0 Å². The minimum atomic E-state index is -0.229. The highest BCUT2D eigenvalue weighted by atomic mass is 16.2. The lowest BCUT2D eigenvalue weighted by Gasteiger charge is -2.15. The smallest absolute Gasteiger partial charge is 0.314 e. The summed E-state index contributed by atoms with van der Waals surface area (Å²) < 4.78 is 1.80. The van der Waals surface area contributed by atoms with Gasteiger partial charge in [-0.2, -0.15) is 5.10 Å². The van der Waals surface area contributed by atoms with Crippen LogP contribution in [0.2, 0.25) is 0 Å². The molecule has 1 aliphatic rings. The van der Waals surface area contributed by atoms with E-state index < -0.39 is 0 Å². The lowest BCUT2D eigenvalue weighted by atomic mass is 10.1. The van der Waals surface area contributed by atoms with Crippen molar-refractivity contribution in [1.29, 1.82) is 0 Å². The highest BCUT2D eigenvalue weighted by Gasteiger charge is 2.17. The maximum Gasteiger partial charge on any atom is 0.314 e. The fourth-order valence-electron chi connectivity index (χ4n) is 3.03. The maximum atomic E-state index is 11.9. The van der Waals surface area contributed by atoms with Gasteiger partial charge in [-0.3, -0.25) is 4.79 Å². The molecule has 0 atom stereocenters. The Morgan fingerprint density at radius 3 is 2.46 bits per heavy atom. The molecule has 0 unspecified atom stereocenters. The van der Waals surface area contributed by atoms with Gasteiger partial charge >= 0.3 is 6.03 Å². The molecular weight excluding hydrogens is 330 g/mol. The molecule has 0 saturated carbocycles. The van der Waals surface area contributed by atoms with Gasteiger partial charge in [0.2, 0.25) is 5.91 Å². The summed E-state index contributed by atoms with van der Waals surface area (Å²) in [6.07, 6.45) is 6.93. The van der Waals surface area contributed by atoms with Gasteiger partial charge in [0.15, 0.2) is 0 Å². The van der Waals surface area contributed by atoms with Crippen LogP contribution in [0.5, 0.6) is 0 Å². The molecule has 0 aliphatic carbocycles. The van der Waals surface area contributed by atoms with Crippen LogP contribution in [0.25, 0.3) is 5.69 Å². The first kappa shape index (κ1) is 18.0. The SMILES string of the molecule is O=C(NCCC(=O)N1CCCC1)NCCc1ccc(-n2cccn2)cc1. The Hall–Kier alpha value is -2.83. The van der Waals surface area contributed by atoms with E-state index in [0.717, 1.165) is 43.6 Å². The molecule has 0 radical (unpaired) electrons. The standard InChI is InChI=1S/C19H25N5O2/c25-18(23-13-1-2-14-23)9-12-21-19(26)20-11-8-16-4-6-17(7-5-16)24-15-3-10-22-24/h3-7,10,15H,1-2,8-9,11-14H2,(H2,20,21,26). The molecule has 1 aromatic carbocycles. The van der Waals surface area contributed by atoms with Crippen molar-refractivity contribution in [3.05, 3.63) is 48.3 Å². The molecule has 7 heteroatoms. The number of benzene rings is 1. The van der Waals surface area contributed by atoms with Gasteiger partial charge in [0.1, 0.15) is 0 Å². The van der Waals surface area contributed by atoms with Crippen LogP contribution in [0.3, 0.4) is 0 Å². The predicted octanol–water partition coefficient (Wildman–Crippen LogP) is 1.73. The number of amides is 3. The third-order valence-electron chi connectivity index (χ3n) is 4.49. The number of carbonyl (C=O) groups is 2. The number of urea groups is 1. The van der Waals surface area contributed by atoms with Crippen molar-refractivity contribution in [3.63, 3.8) is 0 Å². The van der Waals surface area contributed by atoms with Gasteiger partial charge < -0.3 is 15.5 Å². The second kappa shape index (κ2) is 9.03. The van der Waals surface area contributed by atoms with Crippen LogP contribution in [0.4, 0.5) is 4.79 Å². The van der Waals surface area contributed by atoms with Gasteiger partial charge in [-0.15, -0.1) is 0 Å². The lowest BCUT2D eigenvalue weighted by Crippen LogP contribution is -2.39. The highest BCUT2D eigenvalue weighted by molar-refractivity contribution is 5.78. The van der Waals surface area contributed by atoms with E-state index in [4.69, 9.17) is 0 Å². The van der Waals surface area contributed by atoms with Crippen LogP contribution >= 0.6 is 0 Å². The monoisotopic (exact) mass is 355 g/mol. The quantitative estimate of drug-likeness (QED) is 0.794. The number of likely N-dealkylation sites (tertiary alicyclic amines) is 1. The molecule has 1 aromatic heterocycles. The Labute approximate surface area is 153 Å². The zero-order chi connectivity index (χ0) is 18.2. The number of hydrogen-bond acceptors (Lipinski definition) is 3. The number of nitrogens with one attached hydrogen (secondary N) is 2. The summed E-state index contributed by atoms with van der Waals surface area (Å²) in [5.41, 5.74) is 2.15. The first-order chi connectivity index (χ1) is 12.7. The van der Waals surface area contributed by atoms with Crippen LogP contribution in [0, 0.1) is 0 Å². The summed E-state index contributed by atoms with van der Waals surface area (Å²) in [6.45, 7) is 2.63. The largest absolute Gasteiger partial charge is 0.343 e. The maximum absolute atomic E-state index is 11.9. The van der Waals surface area contributed by atoms with Gasteiger partial charge in [-0.25, -0.2) is 9.48 Å². The molecule has 3 amide bonds. The third-order valence-corrected chi connectivity index (χ3v) is 4.49. The number of aromatic nitrogens is 2. The number of carbonyl (C=O) groups excluding carboxylic acids is 2. The summed E-state index contributed by atoms with van der Waals surface area (Å²) in [5.74, 6) is 0.125. The van der Waals surface area contributed by atoms with E-state index in [1.165, 1.54) is 0 Å². The van der Waals surface area contributed by atoms with Gasteiger partial charge in [-0.1, -0.05) is 12.1 Å². The first-order valence-corrected chi connectivity index (χ1v) is 9.11. The Kier molecular flexibility index (Phi) is 6.24. The molecule has 138 valence electrons.